The van der Waals surface area contributed by atoms with Crippen LogP contribution in [0.4, 0.5) is 9.18 Å². The smallest absolute Gasteiger partial charge is 0.407 e. The Kier molecular flexibility index (Phi) is 4.07. The summed E-state index contributed by atoms with van der Waals surface area (Å²) in [6.45, 7) is 1.26. The maximum atomic E-state index is 13.0. The second-order valence-electron chi connectivity index (χ2n) is 6.95. The first kappa shape index (κ1) is 15.9. The quantitative estimate of drug-likeness (QED) is 0.907. The van der Waals surface area contributed by atoms with Gasteiger partial charge in [0.2, 0.25) is 0 Å². The van der Waals surface area contributed by atoms with Crippen LogP contribution in [0.25, 0.3) is 11.1 Å². The molecule has 1 saturated carbocycles. The van der Waals surface area contributed by atoms with Gasteiger partial charge in [-0.2, -0.15) is 0 Å². The molecule has 5 heteroatoms. The molecule has 0 aromatic heterocycles. The van der Waals surface area contributed by atoms with Crippen molar-refractivity contribution in [3.63, 3.8) is 0 Å². The van der Waals surface area contributed by atoms with Crippen molar-refractivity contribution in [2.45, 2.75) is 18.9 Å². The van der Waals surface area contributed by atoms with E-state index in [0.29, 0.717) is 24.9 Å². The standard InChI is InChI=1S/C20H20FNO3/c21-17-5-1-13(2-6-17)14-3-7-18(8-4-14)25-19-9-15-11-22(20(23)24)12-16(15)10-19/h1-8,15-16,19H,9-12H2,(H,23,24)/t15-,16+,19-. The van der Waals surface area contributed by atoms with Crippen LogP contribution < -0.4 is 4.74 Å². The fourth-order valence-corrected chi connectivity index (χ4v) is 4.06. The van der Waals surface area contributed by atoms with E-state index in [4.69, 9.17) is 9.84 Å². The molecule has 0 bridgehead atoms. The minimum absolute atomic E-state index is 0.155. The van der Waals surface area contributed by atoms with Gasteiger partial charge in [-0.25, -0.2) is 9.18 Å². The minimum atomic E-state index is -0.816. The molecule has 1 saturated heterocycles. The van der Waals surface area contributed by atoms with Gasteiger partial charge in [0.25, 0.3) is 0 Å². The Morgan fingerprint density at radius 3 is 2.00 bits per heavy atom. The molecule has 2 aliphatic rings. The predicted molar refractivity (Wildman–Crippen MR) is 92.1 cm³/mol. The number of rotatable bonds is 3. The number of ether oxygens (including phenoxy) is 1. The highest BCUT2D eigenvalue weighted by Crippen LogP contribution is 2.39. The second-order valence-corrected chi connectivity index (χ2v) is 6.95. The number of hydrogen-bond donors (Lipinski definition) is 1. The van der Waals surface area contributed by atoms with E-state index in [1.54, 1.807) is 12.1 Å². The van der Waals surface area contributed by atoms with Gasteiger partial charge in [0.05, 0.1) is 6.10 Å². The van der Waals surface area contributed by atoms with E-state index in [9.17, 15) is 9.18 Å². The van der Waals surface area contributed by atoms with Crippen LogP contribution in [0.3, 0.4) is 0 Å². The van der Waals surface area contributed by atoms with Gasteiger partial charge in [-0.1, -0.05) is 24.3 Å². The summed E-state index contributed by atoms with van der Waals surface area (Å²) >= 11 is 0. The van der Waals surface area contributed by atoms with Crippen molar-refractivity contribution >= 4 is 6.09 Å². The molecule has 2 fully saturated rings. The van der Waals surface area contributed by atoms with E-state index >= 15 is 0 Å². The molecular weight excluding hydrogens is 321 g/mol. The van der Waals surface area contributed by atoms with Gasteiger partial charge in [0.1, 0.15) is 11.6 Å². The van der Waals surface area contributed by atoms with Crippen LogP contribution in [0.2, 0.25) is 0 Å². The highest BCUT2D eigenvalue weighted by Gasteiger charge is 2.43. The Labute approximate surface area is 145 Å². The molecule has 3 atom stereocenters. The van der Waals surface area contributed by atoms with Crippen molar-refractivity contribution in [3.05, 3.63) is 54.3 Å². The lowest BCUT2D eigenvalue weighted by Gasteiger charge is -2.18. The number of hydrogen-bond acceptors (Lipinski definition) is 2. The van der Waals surface area contributed by atoms with E-state index in [1.165, 1.54) is 17.0 Å². The largest absolute Gasteiger partial charge is 0.490 e. The molecule has 2 aromatic carbocycles. The average Bonchev–Trinajstić information content (AvgIpc) is 3.15. The first-order chi connectivity index (χ1) is 12.1. The predicted octanol–water partition coefficient (Wildman–Crippen LogP) is 4.26. The number of carbonyl (C=O) groups is 1. The van der Waals surface area contributed by atoms with Gasteiger partial charge in [0.15, 0.2) is 0 Å². The van der Waals surface area contributed by atoms with Crippen LogP contribution in [-0.2, 0) is 0 Å². The molecule has 0 radical (unpaired) electrons. The van der Waals surface area contributed by atoms with Crippen LogP contribution in [0.1, 0.15) is 12.8 Å². The lowest BCUT2D eigenvalue weighted by Crippen LogP contribution is -2.29. The number of likely N-dealkylation sites (tertiary alicyclic amines) is 1. The first-order valence-corrected chi connectivity index (χ1v) is 8.59. The third-order valence-electron chi connectivity index (χ3n) is 5.31. The van der Waals surface area contributed by atoms with E-state index < -0.39 is 6.09 Å². The van der Waals surface area contributed by atoms with Gasteiger partial charge in [-0.3, -0.25) is 0 Å². The highest BCUT2D eigenvalue weighted by molar-refractivity contribution is 5.65. The third kappa shape index (κ3) is 3.31. The molecule has 4 nitrogen and oxygen atoms in total. The number of amides is 1. The maximum Gasteiger partial charge on any atom is 0.407 e. The molecule has 25 heavy (non-hydrogen) atoms. The molecule has 2 aromatic rings. The fourth-order valence-electron chi connectivity index (χ4n) is 4.06. The number of carboxylic acid groups (broad SMARTS) is 1. The van der Waals surface area contributed by atoms with Crippen LogP contribution in [-0.4, -0.2) is 35.3 Å². The number of benzene rings is 2. The van der Waals surface area contributed by atoms with Crippen LogP contribution >= 0.6 is 0 Å². The third-order valence-corrected chi connectivity index (χ3v) is 5.31. The molecule has 1 aliphatic heterocycles. The highest BCUT2D eigenvalue weighted by atomic mass is 19.1. The molecule has 1 heterocycles. The molecule has 1 amide bonds. The zero-order chi connectivity index (χ0) is 17.4. The summed E-state index contributed by atoms with van der Waals surface area (Å²) < 4.78 is 19.1. The monoisotopic (exact) mass is 341 g/mol. The minimum Gasteiger partial charge on any atom is -0.490 e. The van der Waals surface area contributed by atoms with Crippen molar-refractivity contribution < 1.29 is 19.0 Å². The molecule has 4 rings (SSSR count). The summed E-state index contributed by atoms with van der Waals surface area (Å²) in [6.07, 6.45) is 1.16. The fraction of sp³-hybridized carbons (Fsp3) is 0.350. The van der Waals surface area contributed by atoms with Gasteiger partial charge in [-0.05, 0) is 60.1 Å². The molecule has 1 aliphatic carbocycles. The van der Waals surface area contributed by atoms with E-state index in [0.717, 1.165) is 29.7 Å². The summed E-state index contributed by atoms with van der Waals surface area (Å²) in [5.41, 5.74) is 1.99. The van der Waals surface area contributed by atoms with Gasteiger partial charge in [0, 0.05) is 13.1 Å². The van der Waals surface area contributed by atoms with E-state index in [2.05, 4.69) is 0 Å². The summed E-state index contributed by atoms with van der Waals surface area (Å²) in [4.78, 5) is 12.6. The lowest BCUT2D eigenvalue weighted by molar-refractivity contribution is 0.144. The Morgan fingerprint density at radius 2 is 1.48 bits per heavy atom. The average molecular weight is 341 g/mol. The molecule has 0 spiro atoms. The Hall–Kier alpha value is -2.56. The Bertz CT molecular complexity index is 746. The van der Waals surface area contributed by atoms with E-state index in [1.807, 2.05) is 24.3 Å². The summed E-state index contributed by atoms with van der Waals surface area (Å²) in [5.74, 6) is 1.42. The topological polar surface area (TPSA) is 49.8 Å². The van der Waals surface area contributed by atoms with Crippen LogP contribution in [0, 0.1) is 17.7 Å². The number of halogens is 1. The summed E-state index contributed by atoms with van der Waals surface area (Å²) in [5, 5.41) is 9.08. The molecule has 130 valence electrons. The molecule has 0 unspecified atom stereocenters. The van der Waals surface area contributed by atoms with Crippen LogP contribution in [0.15, 0.2) is 48.5 Å². The van der Waals surface area contributed by atoms with Gasteiger partial charge in [-0.15, -0.1) is 0 Å². The zero-order valence-corrected chi connectivity index (χ0v) is 13.8. The number of nitrogens with zero attached hydrogens (tertiary/aromatic N) is 1. The normalized spacial score (nSPS) is 25.0. The SMILES string of the molecule is O=C(O)N1C[C@H]2C[C@@H](Oc3ccc(-c4ccc(F)cc4)cc3)C[C@H]2C1. The number of fused-ring (bicyclic) bond motifs is 1. The van der Waals surface area contributed by atoms with Crippen molar-refractivity contribution in [1.29, 1.82) is 0 Å². The maximum absolute atomic E-state index is 13.0. The Morgan fingerprint density at radius 1 is 0.960 bits per heavy atom. The van der Waals surface area contributed by atoms with E-state index in [-0.39, 0.29) is 11.9 Å². The summed E-state index contributed by atoms with van der Waals surface area (Å²) in [6, 6.07) is 14.3. The zero-order valence-electron chi connectivity index (χ0n) is 13.8. The summed E-state index contributed by atoms with van der Waals surface area (Å²) in [7, 11) is 0. The van der Waals surface area contributed by atoms with Crippen molar-refractivity contribution in [2.75, 3.05) is 13.1 Å². The van der Waals surface area contributed by atoms with Gasteiger partial charge >= 0.3 is 6.09 Å². The molecular formula is C20H20FNO3. The van der Waals surface area contributed by atoms with Gasteiger partial charge < -0.3 is 14.7 Å². The van der Waals surface area contributed by atoms with Crippen molar-refractivity contribution in [3.8, 4) is 16.9 Å². The van der Waals surface area contributed by atoms with Crippen molar-refractivity contribution in [1.82, 2.24) is 4.90 Å². The molecule has 1 N–H and O–H groups in total. The van der Waals surface area contributed by atoms with Crippen LogP contribution in [0.5, 0.6) is 5.75 Å². The lowest BCUT2D eigenvalue weighted by atomic mass is 10.0. The van der Waals surface area contributed by atoms with Crippen molar-refractivity contribution in [2.24, 2.45) is 11.8 Å². The first-order valence-electron chi connectivity index (χ1n) is 8.59. The Balaban J connectivity index is 1.37. The second kappa shape index (κ2) is 6.39.